The molecule has 0 aliphatic carbocycles. The lowest BCUT2D eigenvalue weighted by Crippen LogP contribution is -2.35. The van der Waals surface area contributed by atoms with Crippen LogP contribution in [-0.4, -0.2) is 31.7 Å². The van der Waals surface area contributed by atoms with E-state index in [1.54, 1.807) is 36.5 Å². The van der Waals surface area contributed by atoms with E-state index in [1.807, 2.05) is 31.4 Å². The number of ether oxygens (including phenoxy) is 3. The number of nitrogens with one attached hydrogen (secondary N) is 1. The maximum absolute atomic E-state index is 12.3. The van der Waals surface area contributed by atoms with Crippen molar-refractivity contribution in [3.05, 3.63) is 46.2 Å². The maximum atomic E-state index is 12.3. The smallest absolute Gasteiger partial charge is 0.339 e. The van der Waals surface area contributed by atoms with Gasteiger partial charge in [0.2, 0.25) is 0 Å². The Bertz CT molecular complexity index is 758. The van der Waals surface area contributed by atoms with Crippen LogP contribution >= 0.6 is 11.3 Å². The van der Waals surface area contributed by atoms with Crippen LogP contribution < -0.4 is 14.8 Å². The molecular weight excluding hydrogens is 366 g/mol. The highest BCUT2D eigenvalue weighted by molar-refractivity contribution is 7.09. The minimum absolute atomic E-state index is 0.293. The molecule has 1 aromatic heterocycles. The van der Waals surface area contributed by atoms with Crippen LogP contribution in [0.1, 0.15) is 36.0 Å². The molecule has 1 amide bonds. The first-order valence-electron chi connectivity index (χ1n) is 8.72. The second-order valence-electron chi connectivity index (χ2n) is 6.42. The zero-order valence-corrected chi connectivity index (χ0v) is 16.8. The summed E-state index contributed by atoms with van der Waals surface area (Å²) in [4.78, 5) is 25.5. The molecule has 0 spiro atoms. The van der Waals surface area contributed by atoms with Gasteiger partial charge in [-0.1, -0.05) is 19.9 Å². The Labute approximate surface area is 163 Å². The van der Waals surface area contributed by atoms with Crippen LogP contribution in [0, 0.1) is 5.92 Å². The molecule has 6 nitrogen and oxygen atoms in total. The second-order valence-corrected chi connectivity index (χ2v) is 7.45. The topological polar surface area (TPSA) is 73.9 Å². The number of benzene rings is 1. The van der Waals surface area contributed by atoms with Gasteiger partial charge in [-0.3, -0.25) is 4.79 Å². The summed E-state index contributed by atoms with van der Waals surface area (Å²) in [7, 11) is 1.51. The fourth-order valence-corrected chi connectivity index (χ4v) is 2.83. The monoisotopic (exact) mass is 391 g/mol. The van der Waals surface area contributed by atoms with Crippen molar-refractivity contribution < 1.29 is 23.8 Å². The summed E-state index contributed by atoms with van der Waals surface area (Å²) in [5.41, 5.74) is 0.293. The van der Waals surface area contributed by atoms with Gasteiger partial charge in [0.25, 0.3) is 5.91 Å². The zero-order chi connectivity index (χ0) is 19.8. The quantitative estimate of drug-likeness (QED) is 0.661. The summed E-state index contributed by atoms with van der Waals surface area (Å²) >= 11 is 1.55. The molecule has 1 atom stereocenters. The highest BCUT2D eigenvalue weighted by Crippen LogP contribution is 2.29. The van der Waals surface area contributed by atoms with Gasteiger partial charge in [-0.05, 0) is 42.5 Å². The van der Waals surface area contributed by atoms with Gasteiger partial charge in [-0.2, -0.15) is 0 Å². The lowest BCUT2D eigenvalue weighted by molar-refractivity contribution is -0.129. The van der Waals surface area contributed by atoms with E-state index < -0.39 is 12.1 Å². The first-order chi connectivity index (χ1) is 12.9. The van der Waals surface area contributed by atoms with Crippen LogP contribution in [0.2, 0.25) is 0 Å². The van der Waals surface area contributed by atoms with E-state index in [9.17, 15) is 9.59 Å². The average molecular weight is 391 g/mol. The van der Waals surface area contributed by atoms with Gasteiger partial charge in [-0.25, -0.2) is 4.79 Å². The molecule has 1 aromatic carbocycles. The third-order valence-corrected chi connectivity index (χ3v) is 4.52. The van der Waals surface area contributed by atoms with Crippen LogP contribution in [0.4, 0.5) is 0 Å². The molecule has 2 aromatic rings. The molecule has 0 aliphatic heterocycles. The summed E-state index contributed by atoms with van der Waals surface area (Å²) < 4.78 is 16.2. The van der Waals surface area contributed by atoms with Gasteiger partial charge < -0.3 is 19.5 Å². The molecular formula is C20H25NO5S. The number of carbonyl (C=O) groups is 2. The molecule has 1 N–H and O–H groups in total. The van der Waals surface area contributed by atoms with E-state index in [0.29, 0.717) is 36.1 Å². The van der Waals surface area contributed by atoms with Crippen molar-refractivity contribution >= 4 is 23.2 Å². The Morgan fingerprint density at radius 3 is 2.56 bits per heavy atom. The lowest BCUT2D eigenvalue weighted by Gasteiger charge is -2.15. The molecule has 0 fully saturated rings. The molecule has 2 rings (SSSR count). The van der Waals surface area contributed by atoms with Gasteiger partial charge in [0.15, 0.2) is 17.6 Å². The first-order valence-corrected chi connectivity index (χ1v) is 9.60. The zero-order valence-electron chi connectivity index (χ0n) is 16.0. The van der Waals surface area contributed by atoms with Crippen LogP contribution in [-0.2, 0) is 16.1 Å². The van der Waals surface area contributed by atoms with Crippen molar-refractivity contribution in [2.45, 2.75) is 33.4 Å². The van der Waals surface area contributed by atoms with Crippen LogP contribution in [0.3, 0.4) is 0 Å². The Kier molecular flexibility index (Phi) is 7.67. The van der Waals surface area contributed by atoms with E-state index in [4.69, 9.17) is 14.2 Å². The van der Waals surface area contributed by atoms with E-state index in [0.717, 1.165) is 4.88 Å². The number of rotatable bonds is 9. The largest absolute Gasteiger partial charge is 0.493 e. The molecule has 0 unspecified atom stereocenters. The molecule has 0 saturated heterocycles. The van der Waals surface area contributed by atoms with Crippen molar-refractivity contribution in [2.75, 3.05) is 13.7 Å². The lowest BCUT2D eigenvalue weighted by atomic mass is 10.2. The fraction of sp³-hybridized carbons (Fsp3) is 0.400. The SMILES string of the molecule is COc1cc(C(=O)O[C@@H](C)C(=O)NCc2cccs2)ccc1OCC(C)C. The molecule has 0 saturated carbocycles. The molecule has 0 aliphatic rings. The Balaban J connectivity index is 1.94. The third-order valence-electron chi connectivity index (χ3n) is 3.64. The molecule has 7 heteroatoms. The number of methoxy groups -OCH3 is 1. The van der Waals surface area contributed by atoms with Gasteiger partial charge in [-0.15, -0.1) is 11.3 Å². The van der Waals surface area contributed by atoms with E-state index >= 15 is 0 Å². The van der Waals surface area contributed by atoms with Crippen molar-refractivity contribution in [3.8, 4) is 11.5 Å². The molecule has 1 heterocycles. The normalized spacial score (nSPS) is 11.7. The van der Waals surface area contributed by atoms with Crippen LogP contribution in [0.25, 0.3) is 0 Å². The van der Waals surface area contributed by atoms with Crippen molar-refractivity contribution in [1.82, 2.24) is 5.32 Å². The van der Waals surface area contributed by atoms with Gasteiger partial charge in [0.1, 0.15) is 0 Å². The maximum Gasteiger partial charge on any atom is 0.339 e. The fourth-order valence-electron chi connectivity index (χ4n) is 2.18. The van der Waals surface area contributed by atoms with E-state index in [2.05, 4.69) is 5.32 Å². The summed E-state index contributed by atoms with van der Waals surface area (Å²) in [6.07, 6.45) is -0.902. The Hall–Kier alpha value is -2.54. The average Bonchev–Trinajstić information content (AvgIpc) is 3.17. The minimum Gasteiger partial charge on any atom is -0.493 e. The number of thiophene rings is 1. The first kappa shape index (κ1) is 20.8. The highest BCUT2D eigenvalue weighted by atomic mass is 32.1. The summed E-state index contributed by atoms with van der Waals surface area (Å²) in [5, 5.41) is 4.69. The molecule has 27 heavy (non-hydrogen) atoms. The standard InChI is InChI=1S/C20H25NO5S/c1-13(2)12-25-17-8-7-15(10-18(17)24-4)20(23)26-14(3)19(22)21-11-16-6-5-9-27-16/h5-10,13-14H,11-12H2,1-4H3,(H,21,22)/t14-/m0/s1. The number of amides is 1. The summed E-state index contributed by atoms with van der Waals surface area (Å²) in [6, 6.07) is 8.65. The van der Waals surface area contributed by atoms with E-state index in [1.165, 1.54) is 7.11 Å². The number of esters is 1. The Morgan fingerprint density at radius 1 is 1.15 bits per heavy atom. The van der Waals surface area contributed by atoms with Crippen LogP contribution in [0.15, 0.2) is 35.7 Å². The number of hydrogen-bond acceptors (Lipinski definition) is 6. The molecule has 146 valence electrons. The Morgan fingerprint density at radius 2 is 1.93 bits per heavy atom. The third kappa shape index (κ3) is 6.29. The van der Waals surface area contributed by atoms with Crippen LogP contribution in [0.5, 0.6) is 11.5 Å². The van der Waals surface area contributed by atoms with Crippen molar-refractivity contribution in [2.24, 2.45) is 5.92 Å². The predicted molar refractivity (Wildman–Crippen MR) is 104 cm³/mol. The highest BCUT2D eigenvalue weighted by Gasteiger charge is 2.20. The molecule has 0 radical (unpaired) electrons. The van der Waals surface area contributed by atoms with Gasteiger partial charge in [0.05, 0.1) is 25.8 Å². The van der Waals surface area contributed by atoms with E-state index in [-0.39, 0.29) is 5.91 Å². The van der Waals surface area contributed by atoms with Gasteiger partial charge >= 0.3 is 5.97 Å². The minimum atomic E-state index is -0.902. The summed E-state index contributed by atoms with van der Waals surface area (Å²) in [6.45, 7) is 6.58. The van der Waals surface area contributed by atoms with Gasteiger partial charge in [0, 0.05) is 4.88 Å². The molecule has 0 bridgehead atoms. The number of carbonyl (C=O) groups excluding carboxylic acids is 2. The number of hydrogen-bond donors (Lipinski definition) is 1. The summed E-state index contributed by atoms with van der Waals surface area (Å²) in [5.74, 6) is 0.431. The van der Waals surface area contributed by atoms with Crippen molar-refractivity contribution in [1.29, 1.82) is 0 Å². The van der Waals surface area contributed by atoms with Crippen molar-refractivity contribution in [3.63, 3.8) is 0 Å². The predicted octanol–water partition coefficient (Wildman–Crippen LogP) is 3.65. The second kappa shape index (κ2) is 9.97.